The van der Waals surface area contributed by atoms with Crippen molar-refractivity contribution in [3.63, 3.8) is 0 Å². The molecule has 1 nitrogen and oxygen atoms in total. The van der Waals surface area contributed by atoms with Gasteiger partial charge in [-0.1, -0.05) is 49.1 Å². The van der Waals surface area contributed by atoms with Gasteiger partial charge in [-0.25, -0.2) is 0 Å². The summed E-state index contributed by atoms with van der Waals surface area (Å²) in [6, 6.07) is 0.455. The van der Waals surface area contributed by atoms with Crippen molar-refractivity contribution in [2.45, 2.75) is 38.1 Å². The highest BCUT2D eigenvalue weighted by atomic mass is 15.0. The topological polar surface area (TPSA) is 12.0 Å². The zero-order chi connectivity index (χ0) is 12.3. The molecular weight excluding hydrogens is 206 g/mol. The van der Waals surface area contributed by atoms with Gasteiger partial charge in [-0.2, -0.15) is 0 Å². The van der Waals surface area contributed by atoms with Crippen molar-refractivity contribution in [1.29, 1.82) is 0 Å². The maximum atomic E-state index is 4.20. The molecule has 0 radical (unpaired) electrons. The van der Waals surface area contributed by atoms with Crippen LogP contribution in [0.1, 0.15) is 32.1 Å². The third kappa shape index (κ3) is 3.00. The van der Waals surface area contributed by atoms with Crippen molar-refractivity contribution in [3.05, 3.63) is 60.4 Å². The van der Waals surface area contributed by atoms with Gasteiger partial charge in [0.05, 0.1) is 0 Å². The van der Waals surface area contributed by atoms with Crippen LogP contribution in [0.2, 0.25) is 0 Å². The molecule has 0 bridgehead atoms. The average molecular weight is 227 g/mol. The lowest BCUT2D eigenvalue weighted by Crippen LogP contribution is -2.21. The Morgan fingerprint density at radius 2 is 2.29 bits per heavy atom. The molecule has 1 saturated heterocycles. The number of hydrogen-bond acceptors (Lipinski definition) is 1. The van der Waals surface area contributed by atoms with Gasteiger partial charge in [0, 0.05) is 11.7 Å². The van der Waals surface area contributed by atoms with Crippen molar-refractivity contribution in [2.75, 3.05) is 0 Å². The molecule has 1 unspecified atom stereocenters. The van der Waals surface area contributed by atoms with Crippen molar-refractivity contribution in [3.8, 4) is 0 Å². The summed E-state index contributed by atoms with van der Waals surface area (Å²) in [6.07, 6.45) is 11.9. The molecule has 1 fully saturated rings. The van der Waals surface area contributed by atoms with Gasteiger partial charge < -0.3 is 5.32 Å². The Kier molecular flexibility index (Phi) is 3.68. The van der Waals surface area contributed by atoms with E-state index in [-0.39, 0.29) is 0 Å². The van der Waals surface area contributed by atoms with E-state index in [1.807, 2.05) is 6.08 Å². The molecule has 0 aromatic heterocycles. The van der Waals surface area contributed by atoms with Crippen LogP contribution in [0.5, 0.6) is 0 Å². The molecule has 0 amide bonds. The summed E-state index contributed by atoms with van der Waals surface area (Å²) in [6.45, 7) is 12.0. The highest BCUT2D eigenvalue weighted by Crippen LogP contribution is 2.27. The van der Waals surface area contributed by atoms with Gasteiger partial charge >= 0.3 is 0 Å². The summed E-state index contributed by atoms with van der Waals surface area (Å²) in [5.74, 6) is 0. The third-order valence-corrected chi connectivity index (χ3v) is 3.60. The number of hydrogen-bond donors (Lipinski definition) is 1. The van der Waals surface area contributed by atoms with E-state index in [0.717, 1.165) is 37.8 Å². The zero-order valence-electron chi connectivity index (χ0n) is 10.5. The van der Waals surface area contributed by atoms with Crippen LogP contribution < -0.4 is 5.32 Å². The predicted molar refractivity (Wildman–Crippen MR) is 74.7 cm³/mol. The lowest BCUT2D eigenvalue weighted by atomic mass is 9.98. The first-order valence-electron chi connectivity index (χ1n) is 6.32. The lowest BCUT2D eigenvalue weighted by Gasteiger charge is -2.15. The first-order chi connectivity index (χ1) is 8.19. The minimum atomic E-state index is 0.455. The van der Waals surface area contributed by atoms with E-state index in [4.69, 9.17) is 0 Å². The van der Waals surface area contributed by atoms with Crippen molar-refractivity contribution < 1.29 is 0 Å². The van der Waals surface area contributed by atoms with E-state index in [2.05, 4.69) is 37.2 Å². The quantitative estimate of drug-likeness (QED) is 0.699. The molecule has 2 rings (SSSR count). The molecule has 1 aliphatic heterocycles. The first-order valence-corrected chi connectivity index (χ1v) is 6.32. The Morgan fingerprint density at radius 3 is 2.88 bits per heavy atom. The van der Waals surface area contributed by atoms with E-state index in [1.165, 1.54) is 16.7 Å². The summed E-state index contributed by atoms with van der Waals surface area (Å²) >= 11 is 0. The molecule has 1 atom stereocenters. The minimum absolute atomic E-state index is 0.455. The predicted octanol–water partition coefficient (Wildman–Crippen LogP) is 4.03. The molecule has 90 valence electrons. The molecule has 2 aliphatic rings. The third-order valence-electron chi connectivity index (χ3n) is 3.60. The largest absolute Gasteiger partial charge is 0.382 e. The SMILES string of the molecule is C=CC1=CC=C(CCC(=C)C2CCC(=C)N2)C1. The molecule has 0 spiro atoms. The average Bonchev–Trinajstić information content (AvgIpc) is 2.94. The van der Waals surface area contributed by atoms with E-state index in [9.17, 15) is 0 Å². The van der Waals surface area contributed by atoms with Gasteiger partial charge in [-0.15, -0.1) is 0 Å². The second kappa shape index (κ2) is 5.22. The summed E-state index contributed by atoms with van der Waals surface area (Å²) in [5, 5.41) is 3.41. The van der Waals surface area contributed by atoms with Gasteiger partial charge in [-0.3, -0.25) is 0 Å². The molecule has 0 saturated carbocycles. The summed E-state index contributed by atoms with van der Waals surface area (Å²) in [4.78, 5) is 0. The fraction of sp³-hybridized carbons (Fsp3) is 0.375. The van der Waals surface area contributed by atoms with Gasteiger partial charge in [-0.05, 0) is 37.7 Å². The van der Waals surface area contributed by atoms with Gasteiger partial charge in [0.1, 0.15) is 0 Å². The smallest absolute Gasteiger partial charge is 0.0471 e. The molecule has 1 N–H and O–H groups in total. The van der Waals surface area contributed by atoms with Crippen LogP contribution in [-0.4, -0.2) is 6.04 Å². The molecule has 1 heterocycles. The van der Waals surface area contributed by atoms with Crippen LogP contribution in [0.15, 0.2) is 60.4 Å². The summed E-state index contributed by atoms with van der Waals surface area (Å²) in [5.41, 5.74) is 5.30. The van der Waals surface area contributed by atoms with Crippen molar-refractivity contribution in [1.82, 2.24) is 5.32 Å². The van der Waals surface area contributed by atoms with Crippen LogP contribution in [0.25, 0.3) is 0 Å². The van der Waals surface area contributed by atoms with Crippen LogP contribution in [0.3, 0.4) is 0 Å². The van der Waals surface area contributed by atoms with Gasteiger partial charge in [0.2, 0.25) is 0 Å². The Morgan fingerprint density at radius 1 is 1.47 bits per heavy atom. The maximum absolute atomic E-state index is 4.20. The second-order valence-electron chi connectivity index (χ2n) is 4.94. The summed E-state index contributed by atoms with van der Waals surface area (Å²) < 4.78 is 0. The molecule has 1 heteroatoms. The van der Waals surface area contributed by atoms with Gasteiger partial charge in [0.15, 0.2) is 0 Å². The molecule has 1 aliphatic carbocycles. The Balaban J connectivity index is 1.74. The highest BCUT2D eigenvalue weighted by molar-refractivity contribution is 5.36. The van der Waals surface area contributed by atoms with Crippen molar-refractivity contribution in [2.24, 2.45) is 0 Å². The van der Waals surface area contributed by atoms with E-state index in [0.29, 0.717) is 6.04 Å². The summed E-state index contributed by atoms with van der Waals surface area (Å²) in [7, 11) is 0. The monoisotopic (exact) mass is 227 g/mol. The van der Waals surface area contributed by atoms with E-state index in [1.54, 1.807) is 0 Å². The molecule has 0 aromatic rings. The number of allylic oxidation sites excluding steroid dienone is 6. The Bertz CT molecular complexity index is 409. The fourth-order valence-corrected chi connectivity index (χ4v) is 2.43. The van der Waals surface area contributed by atoms with Crippen LogP contribution >= 0.6 is 0 Å². The Hall–Kier alpha value is -1.50. The second-order valence-corrected chi connectivity index (χ2v) is 4.94. The highest BCUT2D eigenvalue weighted by Gasteiger charge is 2.19. The Labute approximate surface area is 104 Å². The van der Waals surface area contributed by atoms with E-state index >= 15 is 0 Å². The number of rotatable bonds is 5. The molecule has 0 aromatic carbocycles. The zero-order valence-corrected chi connectivity index (χ0v) is 10.5. The minimum Gasteiger partial charge on any atom is -0.382 e. The molecule has 17 heavy (non-hydrogen) atoms. The van der Waals surface area contributed by atoms with Crippen LogP contribution in [0, 0.1) is 0 Å². The maximum Gasteiger partial charge on any atom is 0.0471 e. The normalized spacial score (nSPS) is 23.1. The first kappa shape index (κ1) is 12.0. The van der Waals surface area contributed by atoms with Crippen LogP contribution in [0.4, 0.5) is 0 Å². The van der Waals surface area contributed by atoms with E-state index < -0.39 is 0 Å². The standard InChI is InChI=1S/C16H21N/c1-4-14-8-9-15(11-14)7-5-12(2)16-10-6-13(3)17-16/h4,8-9,16-17H,1-3,5-7,10-11H2. The van der Waals surface area contributed by atoms with Gasteiger partial charge in [0.25, 0.3) is 0 Å². The van der Waals surface area contributed by atoms with Crippen LogP contribution in [-0.2, 0) is 0 Å². The fourth-order valence-electron chi connectivity index (χ4n) is 2.43. The molecular formula is C16H21N. The number of nitrogens with one attached hydrogen (secondary N) is 1. The van der Waals surface area contributed by atoms with Crippen molar-refractivity contribution >= 4 is 0 Å². The lowest BCUT2D eigenvalue weighted by molar-refractivity contribution is 0.670.